The summed E-state index contributed by atoms with van der Waals surface area (Å²) in [5.74, 6) is 0. The number of ether oxygens (including phenoxy) is 2. The van der Waals surface area contributed by atoms with Crippen molar-refractivity contribution in [2.75, 3.05) is 13.2 Å². The maximum absolute atomic E-state index is 6.03. The fourth-order valence-corrected chi connectivity index (χ4v) is 4.96. The van der Waals surface area contributed by atoms with Gasteiger partial charge in [-0.3, -0.25) is 0 Å². The first-order chi connectivity index (χ1) is 9.22. The molecule has 0 spiro atoms. The van der Waals surface area contributed by atoms with Crippen molar-refractivity contribution in [2.24, 2.45) is 0 Å². The minimum absolute atomic E-state index is 0.141. The Morgan fingerprint density at radius 3 is 2.84 bits per heavy atom. The summed E-state index contributed by atoms with van der Waals surface area (Å²) in [4.78, 5) is 2.42. The van der Waals surface area contributed by atoms with E-state index in [0.29, 0.717) is 23.7 Å². The van der Waals surface area contributed by atoms with Crippen LogP contribution < -0.4 is 0 Å². The molecule has 5 heteroatoms. The molecule has 1 aromatic carbocycles. The standard InChI is InChI=1S/C14H15ClO2S2/c1-9-12(19-11-4-2-3-10(15)7-11)8-13(18-9)14-16-5-6-17-14/h2-4,7-9,12,14H,5-6H2,1H3. The zero-order valence-electron chi connectivity index (χ0n) is 10.5. The summed E-state index contributed by atoms with van der Waals surface area (Å²) in [6.07, 6.45) is 2.13. The highest BCUT2D eigenvalue weighted by Crippen LogP contribution is 2.43. The monoisotopic (exact) mass is 314 g/mol. The van der Waals surface area contributed by atoms with Gasteiger partial charge in [-0.05, 0) is 18.2 Å². The van der Waals surface area contributed by atoms with E-state index in [1.54, 1.807) is 0 Å². The first-order valence-corrected chi connectivity index (χ1v) is 8.40. The lowest BCUT2D eigenvalue weighted by Crippen LogP contribution is -2.08. The molecule has 2 unspecified atom stereocenters. The molecule has 1 fully saturated rings. The first kappa shape index (κ1) is 13.8. The van der Waals surface area contributed by atoms with Crippen molar-refractivity contribution in [1.82, 2.24) is 0 Å². The van der Waals surface area contributed by atoms with E-state index in [9.17, 15) is 0 Å². The van der Waals surface area contributed by atoms with Crippen LogP contribution in [-0.2, 0) is 9.47 Å². The lowest BCUT2D eigenvalue weighted by atomic mass is 10.3. The second-order valence-corrected chi connectivity index (χ2v) is 7.64. The molecule has 1 saturated heterocycles. The van der Waals surface area contributed by atoms with Crippen LogP contribution in [0.1, 0.15) is 6.92 Å². The first-order valence-electron chi connectivity index (χ1n) is 6.26. The van der Waals surface area contributed by atoms with Crippen LogP contribution in [0.3, 0.4) is 0 Å². The van der Waals surface area contributed by atoms with E-state index in [1.807, 2.05) is 41.7 Å². The predicted molar refractivity (Wildman–Crippen MR) is 81.9 cm³/mol. The van der Waals surface area contributed by atoms with Gasteiger partial charge in [-0.25, -0.2) is 0 Å². The van der Waals surface area contributed by atoms with E-state index in [-0.39, 0.29) is 6.29 Å². The van der Waals surface area contributed by atoms with Gasteiger partial charge in [-0.15, -0.1) is 23.5 Å². The summed E-state index contributed by atoms with van der Waals surface area (Å²) in [6.45, 7) is 3.64. The van der Waals surface area contributed by atoms with Gasteiger partial charge in [0.1, 0.15) is 0 Å². The molecule has 1 aromatic rings. The Kier molecular flexibility index (Phi) is 4.44. The zero-order chi connectivity index (χ0) is 13.2. The molecule has 2 aliphatic heterocycles. The highest BCUT2D eigenvalue weighted by Gasteiger charge is 2.32. The van der Waals surface area contributed by atoms with Crippen LogP contribution >= 0.6 is 35.1 Å². The van der Waals surface area contributed by atoms with Crippen molar-refractivity contribution < 1.29 is 9.47 Å². The van der Waals surface area contributed by atoms with E-state index in [4.69, 9.17) is 21.1 Å². The quantitative estimate of drug-likeness (QED) is 0.832. The third-order valence-electron chi connectivity index (χ3n) is 3.04. The van der Waals surface area contributed by atoms with Crippen molar-refractivity contribution in [3.05, 3.63) is 40.3 Å². The highest BCUT2D eigenvalue weighted by molar-refractivity contribution is 8.07. The van der Waals surface area contributed by atoms with Crippen LogP contribution in [0.5, 0.6) is 0 Å². The molecule has 0 aromatic heterocycles. The molecule has 0 radical (unpaired) electrons. The maximum atomic E-state index is 6.03. The predicted octanol–water partition coefficient (Wildman–Crippen LogP) is 4.19. The molecule has 2 heterocycles. The second kappa shape index (κ2) is 6.10. The van der Waals surface area contributed by atoms with Crippen LogP contribution in [0, 0.1) is 0 Å². The minimum Gasteiger partial charge on any atom is -0.346 e. The van der Waals surface area contributed by atoms with Crippen LogP contribution in [0.2, 0.25) is 5.02 Å². The summed E-state index contributed by atoms with van der Waals surface area (Å²) in [5.41, 5.74) is 0. The Labute approximate surface area is 126 Å². The molecule has 0 saturated carbocycles. The summed E-state index contributed by atoms with van der Waals surface area (Å²) in [6, 6.07) is 8.01. The molecule has 0 amide bonds. The molecule has 2 nitrogen and oxygen atoms in total. The molecule has 3 rings (SSSR count). The second-order valence-electron chi connectivity index (χ2n) is 4.51. The average Bonchev–Trinajstić information content (AvgIpc) is 3.00. The summed E-state index contributed by atoms with van der Waals surface area (Å²) in [5, 5.41) is 1.74. The molecular weight excluding hydrogens is 300 g/mol. The summed E-state index contributed by atoms with van der Waals surface area (Å²) < 4.78 is 11.1. The molecule has 0 aliphatic carbocycles. The lowest BCUT2D eigenvalue weighted by Gasteiger charge is -2.13. The minimum atomic E-state index is -0.141. The van der Waals surface area contributed by atoms with Gasteiger partial charge in [0, 0.05) is 25.3 Å². The van der Waals surface area contributed by atoms with Gasteiger partial charge in [0.25, 0.3) is 0 Å². The van der Waals surface area contributed by atoms with Gasteiger partial charge in [0.15, 0.2) is 6.29 Å². The number of hydrogen-bond acceptors (Lipinski definition) is 4. The largest absolute Gasteiger partial charge is 0.346 e. The normalized spacial score (nSPS) is 27.8. The van der Waals surface area contributed by atoms with Gasteiger partial charge in [-0.2, -0.15) is 0 Å². The van der Waals surface area contributed by atoms with Crippen molar-refractivity contribution in [3.8, 4) is 0 Å². The third kappa shape index (κ3) is 3.31. The number of benzene rings is 1. The van der Waals surface area contributed by atoms with Gasteiger partial charge in [-0.1, -0.05) is 30.7 Å². The van der Waals surface area contributed by atoms with Crippen LogP contribution in [0.25, 0.3) is 0 Å². The van der Waals surface area contributed by atoms with E-state index >= 15 is 0 Å². The summed E-state index contributed by atoms with van der Waals surface area (Å²) >= 11 is 9.72. The summed E-state index contributed by atoms with van der Waals surface area (Å²) in [7, 11) is 0. The van der Waals surface area contributed by atoms with Crippen LogP contribution in [-0.4, -0.2) is 30.0 Å². The molecule has 2 aliphatic rings. The molecule has 102 valence electrons. The van der Waals surface area contributed by atoms with Crippen molar-refractivity contribution in [3.63, 3.8) is 0 Å². The van der Waals surface area contributed by atoms with Gasteiger partial charge >= 0.3 is 0 Å². The molecular formula is C14H15ClO2S2. The Bertz CT molecular complexity index is 486. The van der Waals surface area contributed by atoms with E-state index < -0.39 is 0 Å². The number of hydrogen-bond donors (Lipinski definition) is 0. The SMILES string of the molecule is CC1SC(C2OCCO2)=CC1Sc1cccc(Cl)c1. The Morgan fingerprint density at radius 2 is 2.11 bits per heavy atom. The third-order valence-corrected chi connectivity index (χ3v) is 6.05. The van der Waals surface area contributed by atoms with E-state index in [1.165, 1.54) is 9.80 Å². The Hall–Kier alpha value is -0.130. The number of halogens is 1. The molecule has 19 heavy (non-hydrogen) atoms. The van der Waals surface area contributed by atoms with Gasteiger partial charge in [0.2, 0.25) is 0 Å². The molecule has 0 bridgehead atoms. The average molecular weight is 315 g/mol. The van der Waals surface area contributed by atoms with E-state index in [0.717, 1.165) is 5.02 Å². The lowest BCUT2D eigenvalue weighted by molar-refractivity contribution is -0.00449. The van der Waals surface area contributed by atoms with Crippen molar-refractivity contribution >= 4 is 35.1 Å². The van der Waals surface area contributed by atoms with Gasteiger partial charge < -0.3 is 9.47 Å². The Morgan fingerprint density at radius 1 is 1.32 bits per heavy atom. The van der Waals surface area contributed by atoms with Gasteiger partial charge in [0.05, 0.1) is 13.2 Å². The fourth-order valence-electron chi connectivity index (χ4n) is 2.10. The highest BCUT2D eigenvalue weighted by atomic mass is 35.5. The zero-order valence-corrected chi connectivity index (χ0v) is 12.9. The van der Waals surface area contributed by atoms with Crippen LogP contribution in [0.15, 0.2) is 40.1 Å². The van der Waals surface area contributed by atoms with Crippen LogP contribution in [0.4, 0.5) is 0 Å². The molecule has 0 N–H and O–H groups in total. The van der Waals surface area contributed by atoms with Crippen molar-refractivity contribution in [1.29, 1.82) is 0 Å². The molecule has 2 atom stereocenters. The fraction of sp³-hybridized carbons (Fsp3) is 0.429. The number of rotatable bonds is 3. The maximum Gasteiger partial charge on any atom is 0.189 e. The number of thioether (sulfide) groups is 2. The topological polar surface area (TPSA) is 18.5 Å². The van der Waals surface area contributed by atoms with E-state index in [2.05, 4.69) is 19.1 Å². The smallest absolute Gasteiger partial charge is 0.189 e. The Balaban J connectivity index is 1.70. The van der Waals surface area contributed by atoms with Crippen molar-refractivity contribution in [2.45, 2.75) is 28.6 Å².